The van der Waals surface area contributed by atoms with Crippen LogP contribution >= 0.6 is 11.8 Å². The maximum atomic E-state index is 12.3. The lowest BCUT2D eigenvalue weighted by molar-refractivity contribution is -0.117. The molecule has 0 spiro atoms. The standard InChI is InChI=1S/C19H24N2O2S/c1-14-5-10-18(23-3)17(11-14)20-19(22)13-21(2)12-15-6-8-16(24-4)9-7-15/h5-11H,12-13H2,1-4H3,(H,20,22). The van der Waals surface area contributed by atoms with Gasteiger partial charge < -0.3 is 10.1 Å². The van der Waals surface area contributed by atoms with Crippen molar-refractivity contribution >= 4 is 23.4 Å². The van der Waals surface area contributed by atoms with E-state index < -0.39 is 0 Å². The monoisotopic (exact) mass is 344 g/mol. The van der Waals surface area contributed by atoms with Crippen LogP contribution in [0.3, 0.4) is 0 Å². The number of aryl methyl sites for hydroxylation is 1. The molecule has 0 unspecified atom stereocenters. The summed E-state index contributed by atoms with van der Waals surface area (Å²) in [6.07, 6.45) is 2.06. The fraction of sp³-hybridized carbons (Fsp3) is 0.316. The highest BCUT2D eigenvalue weighted by Gasteiger charge is 2.11. The third-order valence-electron chi connectivity index (χ3n) is 3.65. The van der Waals surface area contributed by atoms with Gasteiger partial charge in [-0.3, -0.25) is 9.69 Å². The lowest BCUT2D eigenvalue weighted by Gasteiger charge is -2.17. The van der Waals surface area contributed by atoms with E-state index in [0.717, 1.165) is 12.1 Å². The first-order valence-corrected chi connectivity index (χ1v) is 9.00. The van der Waals surface area contributed by atoms with E-state index in [1.807, 2.05) is 37.1 Å². The quantitative estimate of drug-likeness (QED) is 0.776. The van der Waals surface area contributed by atoms with E-state index in [-0.39, 0.29) is 5.91 Å². The van der Waals surface area contributed by atoms with Gasteiger partial charge in [-0.1, -0.05) is 18.2 Å². The molecule has 0 radical (unpaired) electrons. The van der Waals surface area contributed by atoms with Crippen LogP contribution in [0.1, 0.15) is 11.1 Å². The second-order valence-electron chi connectivity index (χ2n) is 5.77. The van der Waals surface area contributed by atoms with Gasteiger partial charge in [-0.05, 0) is 55.6 Å². The number of carbonyl (C=O) groups is 1. The van der Waals surface area contributed by atoms with E-state index in [4.69, 9.17) is 4.74 Å². The average molecular weight is 344 g/mol. The van der Waals surface area contributed by atoms with Crippen LogP contribution in [0.5, 0.6) is 5.75 Å². The Kier molecular flexibility index (Phi) is 6.70. The fourth-order valence-corrected chi connectivity index (χ4v) is 2.86. The number of nitrogens with one attached hydrogen (secondary N) is 1. The van der Waals surface area contributed by atoms with E-state index in [1.54, 1.807) is 18.9 Å². The molecule has 0 aliphatic rings. The van der Waals surface area contributed by atoms with Gasteiger partial charge in [0.1, 0.15) is 5.75 Å². The summed E-state index contributed by atoms with van der Waals surface area (Å²) in [6, 6.07) is 14.1. The van der Waals surface area contributed by atoms with Crippen LogP contribution in [0.25, 0.3) is 0 Å². The van der Waals surface area contributed by atoms with Crippen molar-refractivity contribution in [2.75, 3.05) is 32.3 Å². The number of carbonyl (C=O) groups excluding carboxylic acids is 1. The summed E-state index contributed by atoms with van der Waals surface area (Å²) in [6.45, 7) is 3.04. The highest BCUT2D eigenvalue weighted by Crippen LogP contribution is 2.25. The van der Waals surface area contributed by atoms with Crippen molar-refractivity contribution in [3.63, 3.8) is 0 Å². The molecule has 2 aromatic carbocycles. The molecule has 24 heavy (non-hydrogen) atoms. The van der Waals surface area contributed by atoms with Gasteiger partial charge in [-0.25, -0.2) is 0 Å². The summed E-state index contributed by atoms with van der Waals surface area (Å²) in [4.78, 5) is 15.5. The van der Waals surface area contributed by atoms with Gasteiger partial charge in [-0.2, -0.15) is 0 Å². The Morgan fingerprint density at radius 1 is 1.21 bits per heavy atom. The molecule has 128 valence electrons. The molecule has 2 rings (SSSR count). The molecule has 0 bridgehead atoms. The number of hydrogen-bond donors (Lipinski definition) is 1. The summed E-state index contributed by atoms with van der Waals surface area (Å²) < 4.78 is 5.29. The minimum Gasteiger partial charge on any atom is -0.495 e. The summed E-state index contributed by atoms with van der Waals surface area (Å²) in [5, 5.41) is 2.93. The molecular formula is C19H24N2O2S. The molecule has 0 saturated heterocycles. The third-order valence-corrected chi connectivity index (χ3v) is 4.40. The van der Waals surface area contributed by atoms with Crippen molar-refractivity contribution in [1.29, 1.82) is 0 Å². The smallest absolute Gasteiger partial charge is 0.238 e. The first kappa shape index (κ1) is 18.4. The minimum absolute atomic E-state index is 0.0536. The zero-order valence-electron chi connectivity index (χ0n) is 14.6. The molecule has 0 atom stereocenters. The molecule has 1 N–H and O–H groups in total. The lowest BCUT2D eigenvalue weighted by atomic mass is 10.2. The zero-order chi connectivity index (χ0) is 17.5. The van der Waals surface area contributed by atoms with Crippen molar-refractivity contribution in [1.82, 2.24) is 4.90 Å². The Morgan fingerprint density at radius 3 is 2.54 bits per heavy atom. The van der Waals surface area contributed by atoms with E-state index in [0.29, 0.717) is 18.0 Å². The van der Waals surface area contributed by atoms with Gasteiger partial charge >= 0.3 is 0 Å². The Morgan fingerprint density at radius 2 is 1.92 bits per heavy atom. The average Bonchev–Trinajstić information content (AvgIpc) is 2.55. The van der Waals surface area contributed by atoms with E-state index in [9.17, 15) is 4.79 Å². The highest BCUT2D eigenvalue weighted by molar-refractivity contribution is 7.98. The SMILES string of the molecule is COc1ccc(C)cc1NC(=O)CN(C)Cc1ccc(SC)cc1. The Labute approximate surface area is 148 Å². The molecule has 0 heterocycles. The number of ether oxygens (including phenoxy) is 1. The number of anilines is 1. The van der Waals surface area contributed by atoms with Gasteiger partial charge in [0, 0.05) is 11.4 Å². The van der Waals surface area contributed by atoms with Gasteiger partial charge in [0.25, 0.3) is 0 Å². The number of hydrogen-bond acceptors (Lipinski definition) is 4. The Bertz CT molecular complexity index is 686. The van der Waals surface area contributed by atoms with Crippen molar-refractivity contribution in [2.45, 2.75) is 18.4 Å². The molecule has 1 amide bonds. The molecule has 0 aromatic heterocycles. The first-order valence-electron chi connectivity index (χ1n) is 7.78. The van der Waals surface area contributed by atoms with Gasteiger partial charge in [0.15, 0.2) is 0 Å². The van der Waals surface area contributed by atoms with Crippen LogP contribution in [0.15, 0.2) is 47.4 Å². The van der Waals surface area contributed by atoms with Gasteiger partial charge in [0.05, 0.1) is 19.3 Å². The van der Waals surface area contributed by atoms with Crippen LogP contribution in [0, 0.1) is 6.92 Å². The van der Waals surface area contributed by atoms with Crippen LogP contribution in [0.2, 0.25) is 0 Å². The van der Waals surface area contributed by atoms with Gasteiger partial charge in [-0.15, -0.1) is 11.8 Å². The largest absolute Gasteiger partial charge is 0.495 e. The molecule has 4 nitrogen and oxygen atoms in total. The third kappa shape index (κ3) is 5.28. The van der Waals surface area contributed by atoms with Gasteiger partial charge in [0.2, 0.25) is 5.91 Å². The fourth-order valence-electron chi connectivity index (χ4n) is 2.45. The summed E-state index contributed by atoms with van der Waals surface area (Å²) in [5.74, 6) is 0.617. The maximum absolute atomic E-state index is 12.3. The number of methoxy groups -OCH3 is 1. The molecule has 0 aliphatic carbocycles. The second kappa shape index (κ2) is 8.76. The predicted octanol–water partition coefficient (Wildman–Crippen LogP) is 3.80. The van der Waals surface area contributed by atoms with E-state index in [1.165, 1.54) is 10.5 Å². The normalized spacial score (nSPS) is 10.7. The summed E-state index contributed by atoms with van der Waals surface area (Å²) in [7, 11) is 3.54. The van der Waals surface area contributed by atoms with Crippen molar-refractivity contribution < 1.29 is 9.53 Å². The maximum Gasteiger partial charge on any atom is 0.238 e. The number of likely N-dealkylation sites (N-methyl/N-ethyl adjacent to an activating group) is 1. The molecule has 0 aliphatic heterocycles. The number of amides is 1. The Hall–Kier alpha value is -1.98. The van der Waals surface area contributed by atoms with E-state index >= 15 is 0 Å². The van der Waals surface area contributed by atoms with Crippen LogP contribution in [-0.4, -0.2) is 37.8 Å². The molecule has 0 fully saturated rings. The molecule has 5 heteroatoms. The zero-order valence-corrected chi connectivity index (χ0v) is 15.4. The number of nitrogens with zero attached hydrogens (tertiary/aromatic N) is 1. The van der Waals surface area contributed by atoms with Crippen LogP contribution in [0.4, 0.5) is 5.69 Å². The number of rotatable bonds is 7. The number of benzene rings is 2. The topological polar surface area (TPSA) is 41.6 Å². The molecular weight excluding hydrogens is 320 g/mol. The molecule has 0 saturated carbocycles. The molecule has 2 aromatic rings. The van der Waals surface area contributed by atoms with Crippen molar-refractivity contribution in [3.8, 4) is 5.75 Å². The van der Waals surface area contributed by atoms with Crippen molar-refractivity contribution in [3.05, 3.63) is 53.6 Å². The van der Waals surface area contributed by atoms with Crippen LogP contribution < -0.4 is 10.1 Å². The summed E-state index contributed by atoms with van der Waals surface area (Å²) in [5.41, 5.74) is 2.98. The first-order chi connectivity index (χ1) is 11.5. The highest BCUT2D eigenvalue weighted by atomic mass is 32.2. The van der Waals surface area contributed by atoms with Crippen molar-refractivity contribution in [2.24, 2.45) is 0 Å². The van der Waals surface area contributed by atoms with E-state index in [2.05, 4.69) is 35.8 Å². The lowest BCUT2D eigenvalue weighted by Crippen LogP contribution is -2.30. The second-order valence-corrected chi connectivity index (χ2v) is 6.65. The minimum atomic E-state index is -0.0536. The van der Waals surface area contributed by atoms with Crippen LogP contribution in [-0.2, 0) is 11.3 Å². The number of thioether (sulfide) groups is 1. The predicted molar refractivity (Wildman–Crippen MR) is 101 cm³/mol. The summed E-state index contributed by atoms with van der Waals surface area (Å²) >= 11 is 1.72. The Balaban J connectivity index is 1.92.